The van der Waals surface area contributed by atoms with Crippen LogP contribution in [0.15, 0.2) is 30.5 Å². The number of anilines is 1. The van der Waals surface area contributed by atoms with Gasteiger partial charge < -0.3 is 9.87 Å². The van der Waals surface area contributed by atoms with Gasteiger partial charge in [-0.1, -0.05) is 29.3 Å². The lowest BCUT2D eigenvalue weighted by molar-refractivity contribution is -0.137. The molecule has 0 aliphatic carbocycles. The molecule has 2 N–H and O–H groups in total. The highest BCUT2D eigenvalue weighted by Crippen LogP contribution is 2.35. The SMILES string of the molecule is O=S(O)CNc1cc(-c2ncc(C(F)(F)F)cc2Cl)ccc1Cl. The Balaban J connectivity index is 2.38. The summed E-state index contributed by atoms with van der Waals surface area (Å²) >= 11 is 9.75. The highest BCUT2D eigenvalue weighted by Gasteiger charge is 2.31. The van der Waals surface area contributed by atoms with Crippen molar-refractivity contribution >= 4 is 40.0 Å². The summed E-state index contributed by atoms with van der Waals surface area (Å²) in [4.78, 5) is 3.75. The van der Waals surface area contributed by atoms with E-state index >= 15 is 0 Å². The number of alkyl halides is 3. The maximum absolute atomic E-state index is 12.6. The van der Waals surface area contributed by atoms with Crippen molar-refractivity contribution in [2.75, 3.05) is 11.2 Å². The van der Waals surface area contributed by atoms with Crippen LogP contribution < -0.4 is 5.32 Å². The number of halogens is 5. The first-order valence-corrected chi connectivity index (χ1v) is 8.05. The Morgan fingerprint density at radius 1 is 1.22 bits per heavy atom. The zero-order chi connectivity index (χ0) is 17.2. The van der Waals surface area contributed by atoms with Gasteiger partial charge in [-0.3, -0.25) is 4.98 Å². The fourth-order valence-corrected chi connectivity index (χ4v) is 2.49. The molecule has 124 valence electrons. The van der Waals surface area contributed by atoms with Crippen molar-refractivity contribution in [3.8, 4) is 11.3 Å². The number of hydrogen-bond donors (Lipinski definition) is 2. The molecule has 0 bridgehead atoms. The second-order valence-electron chi connectivity index (χ2n) is 4.39. The number of nitrogens with zero attached hydrogens (tertiary/aromatic N) is 1. The molecule has 0 saturated carbocycles. The Hall–Kier alpha value is -1.35. The molecule has 1 atom stereocenters. The van der Waals surface area contributed by atoms with E-state index in [1.165, 1.54) is 18.2 Å². The van der Waals surface area contributed by atoms with Crippen molar-refractivity contribution in [2.24, 2.45) is 0 Å². The molecule has 0 fully saturated rings. The van der Waals surface area contributed by atoms with Crippen LogP contribution >= 0.6 is 23.2 Å². The highest BCUT2D eigenvalue weighted by molar-refractivity contribution is 7.79. The van der Waals surface area contributed by atoms with Crippen LogP contribution in [-0.2, 0) is 17.3 Å². The average Bonchev–Trinajstić information content (AvgIpc) is 2.45. The first-order chi connectivity index (χ1) is 10.7. The molecule has 2 aromatic rings. The van der Waals surface area contributed by atoms with Gasteiger partial charge >= 0.3 is 6.18 Å². The van der Waals surface area contributed by atoms with E-state index in [1.54, 1.807) is 0 Å². The van der Waals surface area contributed by atoms with Crippen molar-refractivity contribution in [2.45, 2.75) is 6.18 Å². The Morgan fingerprint density at radius 3 is 2.48 bits per heavy atom. The molecule has 0 aliphatic heterocycles. The monoisotopic (exact) mass is 384 g/mol. The minimum atomic E-state index is -4.53. The van der Waals surface area contributed by atoms with E-state index in [0.29, 0.717) is 17.4 Å². The van der Waals surface area contributed by atoms with Crippen LogP contribution in [0.25, 0.3) is 11.3 Å². The van der Waals surface area contributed by atoms with Crippen LogP contribution in [0, 0.1) is 0 Å². The molecule has 10 heteroatoms. The fraction of sp³-hybridized carbons (Fsp3) is 0.154. The van der Waals surface area contributed by atoms with Gasteiger partial charge in [-0.15, -0.1) is 0 Å². The quantitative estimate of drug-likeness (QED) is 0.752. The Bertz CT molecular complexity index is 756. The number of rotatable bonds is 4. The molecule has 2 rings (SSSR count). The van der Waals surface area contributed by atoms with Crippen LogP contribution in [0.4, 0.5) is 18.9 Å². The largest absolute Gasteiger partial charge is 0.417 e. The Labute approximate surface area is 141 Å². The molecule has 0 amide bonds. The van der Waals surface area contributed by atoms with Gasteiger partial charge in [0.2, 0.25) is 0 Å². The lowest BCUT2D eigenvalue weighted by Gasteiger charge is -2.11. The molecule has 0 aliphatic rings. The van der Waals surface area contributed by atoms with E-state index in [9.17, 15) is 17.4 Å². The van der Waals surface area contributed by atoms with Gasteiger partial charge in [-0.05, 0) is 18.2 Å². The lowest BCUT2D eigenvalue weighted by atomic mass is 10.1. The predicted molar refractivity (Wildman–Crippen MR) is 84.0 cm³/mol. The number of aromatic nitrogens is 1. The van der Waals surface area contributed by atoms with Gasteiger partial charge in [0.05, 0.1) is 27.0 Å². The van der Waals surface area contributed by atoms with E-state index in [-0.39, 0.29) is 21.6 Å². The highest BCUT2D eigenvalue weighted by atomic mass is 35.5. The van der Waals surface area contributed by atoms with Gasteiger partial charge in [0, 0.05) is 11.8 Å². The molecule has 0 spiro atoms. The van der Waals surface area contributed by atoms with Crippen LogP contribution in [0.5, 0.6) is 0 Å². The van der Waals surface area contributed by atoms with Crippen LogP contribution in [0.3, 0.4) is 0 Å². The predicted octanol–water partition coefficient (Wildman–Crippen LogP) is 4.67. The van der Waals surface area contributed by atoms with Crippen LogP contribution in [0.1, 0.15) is 5.56 Å². The fourth-order valence-electron chi connectivity index (χ4n) is 1.75. The smallest absolute Gasteiger partial charge is 0.370 e. The zero-order valence-corrected chi connectivity index (χ0v) is 13.5. The zero-order valence-electron chi connectivity index (χ0n) is 11.2. The summed E-state index contributed by atoms with van der Waals surface area (Å²) < 4.78 is 57.3. The number of benzene rings is 1. The summed E-state index contributed by atoms with van der Waals surface area (Å²) in [5, 5.41) is 2.76. The van der Waals surface area contributed by atoms with Crippen molar-refractivity contribution in [1.29, 1.82) is 0 Å². The molecule has 0 saturated heterocycles. The van der Waals surface area contributed by atoms with Crippen molar-refractivity contribution in [3.05, 3.63) is 46.1 Å². The lowest BCUT2D eigenvalue weighted by Crippen LogP contribution is -2.07. The van der Waals surface area contributed by atoms with E-state index < -0.39 is 22.8 Å². The van der Waals surface area contributed by atoms with Crippen LogP contribution in [-0.4, -0.2) is 19.6 Å². The van der Waals surface area contributed by atoms with Crippen LogP contribution in [0.2, 0.25) is 10.0 Å². The number of hydrogen-bond acceptors (Lipinski definition) is 3. The number of pyridine rings is 1. The first-order valence-electron chi connectivity index (χ1n) is 6.02. The molecule has 4 nitrogen and oxygen atoms in total. The van der Waals surface area contributed by atoms with Crippen molar-refractivity contribution in [1.82, 2.24) is 4.98 Å². The molecule has 23 heavy (non-hydrogen) atoms. The third kappa shape index (κ3) is 4.57. The summed E-state index contributed by atoms with van der Waals surface area (Å²) in [6.07, 6.45) is -3.85. The van der Waals surface area contributed by atoms with Crippen molar-refractivity contribution < 1.29 is 21.9 Å². The standard InChI is InChI=1S/C13H9Cl2F3N2O2S/c14-9-2-1-7(3-11(9)20-6-23(21)22)12-10(15)4-8(5-19-12)13(16,17)18/h1-5,20H,6H2,(H,21,22). The van der Waals surface area contributed by atoms with E-state index in [1.807, 2.05) is 0 Å². The second-order valence-corrected chi connectivity index (χ2v) is 6.14. The summed E-state index contributed by atoms with van der Waals surface area (Å²) in [6, 6.07) is 5.28. The molecule has 1 unspecified atom stereocenters. The summed E-state index contributed by atoms with van der Waals surface area (Å²) in [6.45, 7) is 0. The molecule has 0 radical (unpaired) electrons. The van der Waals surface area contributed by atoms with Gasteiger partial charge in [-0.2, -0.15) is 13.2 Å². The van der Waals surface area contributed by atoms with E-state index in [2.05, 4.69) is 10.3 Å². The topological polar surface area (TPSA) is 62.2 Å². The normalized spacial score (nSPS) is 13.0. The number of nitrogens with one attached hydrogen (secondary N) is 1. The first kappa shape index (κ1) is 18.0. The summed E-state index contributed by atoms with van der Waals surface area (Å²) in [5.41, 5.74) is -0.0533. The summed E-state index contributed by atoms with van der Waals surface area (Å²) in [7, 11) is 0. The third-order valence-corrected chi connectivity index (χ3v) is 3.80. The van der Waals surface area contributed by atoms with E-state index in [4.69, 9.17) is 27.8 Å². The molecule has 1 aromatic carbocycles. The average molecular weight is 385 g/mol. The maximum atomic E-state index is 12.6. The third-order valence-electron chi connectivity index (χ3n) is 2.79. The molecule has 1 aromatic heterocycles. The van der Waals surface area contributed by atoms with Gasteiger partial charge in [0.15, 0.2) is 11.1 Å². The Morgan fingerprint density at radius 2 is 1.91 bits per heavy atom. The van der Waals surface area contributed by atoms with Gasteiger partial charge in [-0.25, -0.2) is 4.21 Å². The Kier molecular flexibility index (Phi) is 5.51. The molecule has 1 heterocycles. The molecular formula is C13H9Cl2F3N2O2S. The second kappa shape index (κ2) is 7.04. The minimum Gasteiger partial charge on any atom is -0.370 e. The van der Waals surface area contributed by atoms with Crippen molar-refractivity contribution in [3.63, 3.8) is 0 Å². The molecular weight excluding hydrogens is 376 g/mol. The maximum Gasteiger partial charge on any atom is 0.417 e. The minimum absolute atomic E-state index is 0.143. The van der Waals surface area contributed by atoms with E-state index in [0.717, 1.165) is 6.07 Å². The van der Waals surface area contributed by atoms with Gasteiger partial charge in [0.25, 0.3) is 0 Å². The van der Waals surface area contributed by atoms with Gasteiger partial charge in [0.1, 0.15) is 5.88 Å². The summed E-state index contributed by atoms with van der Waals surface area (Å²) in [5.74, 6) is -0.253.